The molecule has 0 aliphatic rings. The zero-order valence-corrected chi connectivity index (χ0v) is 10.2. The van der Waals surface area contributed by atoms with Crippen LogP contribution in [0.3, 0.4) is 0 Å². The molecule has 6 heteroatoms. The first-order valence-corrected chi connectivity index (χ1v) is 5.44. The molecule has 4 nitrogen and oxygen atoms in total. The normalized spacial score (nSPS) is 11.1. The second-order valence-corrected chi connectivity index (χ2v) is 4.02. The number of oxime groups is 1. The standard InChI is InChI=1S/C12H9ClFN3O/c1-7-9(4-15-6-11(7)14)10-5-16-12(13)2-8(10)3-17-18/h2-6,18H,1H3/b17-3+. The van der Waals surface area contributed by atoms with Gasteiger partial charge in [0, 0.05) is 29.1 Å². The highest BCUT2D eigenvalue weighted by Crippen LogP contribution is 2.27. The molecule has 0 aliphatic carbocycles. The van der Waals surface area contributed by atoms with Crippen molar-refractivity contribution in [3.05, 3.63) is 46.8 Å². The second-order valence-electron chi connectivity index (χ2n) is 3.63. The van der Waals surface area contributed by atoms with Crippen LogP contribution in [0.1, 0.15) is 11.1 Å². The molecule has 0 saturated carbocycles. The molecule has 2 heterocycles. The average Bonchev–Trinajstić information content (AvgIpc) is 2.34. The lowest BCUT2D eigenvalue weighted by Gasteiger charge is -2.08. The van der Waals surface area contributed by atoms with E-state index in [-0.39, 0.29) is 5.15 Å². The molecule has 92 valence electrons. The Morgan fingerprint density at radius 3 is 2.83 bits per heavy atom. The van der Waals surface area contributed by atoms with Crippen molar-refractivity contribution in [2.75, 3.05) is 0 Å². The molecule has 0 unspecified atom stereocenters. The van der Waals surface area contributed by atoms with Crippen LogP contribution in [0.15, 0.2) is 29.8 Å². The number of nitrogens with zero attached hydrogens (tertiary/aromatic N) is 3. The molecule has 18 heavy (non-hydrogen) atoms. The summed E-state index contributed by atoms with van der Waals surface area (Å²) in [6, 6.07) is 1.53. The number of rotatable bonds is 2. The Balaban J connectivity index is 2.67. The van der Waals surface area contributed by atoms with E-state index in [2.05, 4.69) is 15.1 Å². The van der Waals surface area contributed by atoms with E-state index in [0.29, 0.717) is 22.3 Å². The third-order valence-corrected chi connectivity index (χ3v) is 2.75. The third kappa shape index (κ3) is 2.31. The second kappa shape index (κ2) is 5.10. The lowest BCUT2D eigenvalue weighted by molar-refractivity contribution is 0.322. The van der Waals surface area contributed by atoms with Gasteiger partial charge in [-0.25, -0.2) is 9.37 Å². The SMILES string of the molecule is Cc1c(F)cncc1-c1cnc(Cl)cc1/C=N/O. The predicted molar refractivity (Wildman–Crippen MR) is 66.6 cm³/mol. The van der Waals surface area contributed by atoms with Crippen molar-refractivity contribution in [3.8, 4) is 11.1 Å². The van der Waals surface area contributed by atoms with E-state index in [4.69, 9.17) is 16.8 Å². The van der Waals surface area contributed by atoms with Gasteiger partial charge >= 0.3 is 0 Å². The van der Waals surface area contributed by atoms with E-state index in [1.807, 2.05) is 0 Å². The molecular formula is C12H9ClFN3O. The van der Waals surface area contributed by atoms with Crippen molar-refractivity contribution in [2.45, 2.75) is 6.92 Å². The van der Waals surface area contributed by atoms with Crippen LogP contribution in [0.4, 0.5) is 4.39 Å². The summed E-state index contributed by atoms with van der Waals surface area (Å²) in [4.78, 5) is 7.74. The minimum atomic E-state index is -0.408. The van der Waals surface area contributed by atoms with Gasteiger partial charge < -0.3 is 5.21 Å². The maximum atomic E-state index is 13.5. The zero-order chi connectivity index (χ0) is 13.1. The van der Waals surface area contributed by atoms with Crippen molar-refractivity contribution in [2.24, 2.45) is 5.16 Å². The molecule has 1 N–H and O–H groups in total. The Bertz CT molecular complexity index is 616. The summed E-state index contributed by atoms with van der Waals surface area (Å²) in [6.07, 6.45) is 5.37. The fourth-order valence-electron chi connectivity index (χ4n) is 1.61. The molecule has 0 amide bonds. The van der Waals surface area contributed by atoms with Crippen molar-refractivity contribution >= 4 is 17.8 Å². The fraction of sp³-hybridized carbons (Fsp3) is 0.0833. The highest BCUT2D eigenvalue weighted by atomic mass is 35.5. The molecule has 0 bridgehead atoms. The molecule has 0 atom stereocenters. The molecule has 0 spiro atoms. The first-order chi connectivity index (χ1) is 8.63. The summed E-state index contributed by atoms with van der Waals surface area (Å²) in [7, 11) is 0. The first-order valence-electron chi connectivity index (χ1n) is 5.07. The Morgan fingerprint density at radius 2 is 2.11 bits per heavy atom. The molecule has 0 saturated heterocycles. The fourth-order valence-corrected chi connectivity index (χ4v) is 1.78. The van der Waals surface area contributed by atoms with Gasteiger partial charge in [-0.2, -0.15) is 0 Å². The van der Waals surface area contributed by atoms with Gasteiger partial charge in [0.1, 0.15) is 11.0 Å². The third-order valence-electron chi connectivity index (χ3n) is 2.54. The smallest absolute Gasteiger partial charge is 0.145 e. The maximum Gasteiger partial charge on any atom is 0.145 e. The van der Waals surface area contributed by atoms with Gasteiger partial charge in [-0.3, -0.25) is 4.98 Å². The maximum absolute atomic E-state index is 13.5. The van der Waals surface area contributed by atoms with Gasteiger partial charge in [-0.1, -0.05) is 16.8 Å². The lowest BCUT2D eigenvalue weighted by Crippen LogP contribution is -1.96. The minimum absolute atomic E-state index is 0.260. The van der Waals surface area contributed by atoms with E-state index < -0.39 is 5.82 Å². The van der Waals surface area contributed by atoms with Crippen LogP contribution in [0.2, 0.25) is 5.15 Å². The molecular weight excluding hydrogens is 257 g/mol. The van der Waals surface area contributed by atoms with Gasteiger partial charge in [0.2, 0.25) is 0 Å². The Morgan fingerprint density at radius 1 is 1.33 bits per heavy atom. The highest BCUT2D eigenvalue weighted by Gasteiger charge is 2.11. The largest absolute Gasteiger partial charge is 0.411 e. The van der Waals surface area contributed by atoms with Crippen molar-refractivity contribution in [3.63, 3.8) is 0 Å². The summed E-state index contributed by atoms with van der Waals surface area (Å²) in [6.45, 7) is 1.64. The van der Waals surface area contributed by atoms with Gasteiger partial charge in [-0.15, -0.1) is 0 Å². The number of pyridine rings is 2. The average molecular weight is 266 g/mol. The summed E-state index contributed by atoms with van der Waals surface area (Å²) >= 11 is 5.77. The number of halogens is 2. The topological polar surface area (TPSA) is 58.4 Å². The highest BCUT2D eigenvalue weighted by molar-refractivity contribution is 6.29. The van der Waals surface area contributed by atoms with Crippen LogP contribution < -0.4 is 0 Å². The van der Waals surface area contributed by atoms with Crippen LogP contribution in [-0.4, -0.2) is 21.4 Å². The Labute approximate surface area is 108 Å². The van der Waals surface area contributed by atoms with E-state index in [1.54, 1.807) is 6.92 Å². The number of hydrogen-bond acceptors (Lipinski definition) is 4. The van der Waals surface area contributed by atoms with Gasteiger partial charge in [0.25, 0.3) is 0 Å². The molecule has 2 aromatic heterocycles. The quantitative estimate of drug-likeness (QED) is 0.393. The summed E-state index contributed by atoms with van der Waals surface area (Å²) in [5.74, 6) is -0.408. The van der Waals surface area contributed by atoms with Crippen LogP contribution >= 0.6 is 11.6 Å². The van der Waals surface area contributed by atoms with Crippen molar-refractivity contribution in [1.82, 2.24) is 9.97 Å². The molecule has 0 fully saturated rings. The summed E-state index contributed by atoms with van der Waals surface area (Å²) < 4.78 is 13.5. The monoisotopic (exact) mass is 265 g/mol. The molecule has 0 aromatic carbocycles. The zero-order valence-electron chi connectivity index (χ0n) is 9.43. The first kappa shape index (κ1) is 12.4. The lowest BCUT2D eigenvalue weighted by atomic mass is 10.0. The van der Waals surface area contributed by atoms with E-state index in [9.17, 15) is 4.39 Å². The van der Waals surface area contributed by atoms with Crippen molar-refractivity contribution < 1.29 is 9.60 Å². The van der Waals surface area contributed by atoms with Crippen LogP contribution in [0, 0.1) is 12.7 Å². The molecule has 0 radical (unpaired) electrons. The van der Waals surface area contributed by atoms with Crippen LogP contribution in [-0.2, 0) is 0 Å². The van der Waals surface area contributed by atoms with Crippen molar-refractivity contribution in [1.29, 1.82) is 0 Å². The minimum Gasteiger partial charge on any atom is -0.411 e. The van der Waals surface area contributed by atoms with Crippen LogP contribution in [0.25, 0.3) is 11.1 Å². The van der Waals surface area contributed by atoms with Gasteiger partial charge in [0.05, 0.1) is 12.4 Å². The van der Waals surface area contributed by atoms with Crippen LogP contribution in [0.5, 0.6) is 0 Å². The number of aromatic nitrogens is 2. The molecule has 0 aliphatic heterocycles. The summed E-state index contributed by atoms with van der Waals surface area (Å²) in [5.41, 5.74) is 2.16. The van der Waals surface area contributed by atoms with Gasteiger partial charge in [0.15, 0.2) is 0 Å². The Hall–Kier alpha value is -2.01. The van der Waals surface area contributed by atoms with E-state index in [0.717, 1.165) is 6.20 Å². The number of hydrogen-bond donors (Lipinski definition) is 1. The molecule has 2 aromatic rings. The van der Waals surface area contributed by atoms with E-state index in [1.165, 1.54) is 24.7 Å². The molecule has 2 rings (SSSR count). The predicted octanol–water partition coefficient (Wildman–Crippen LogP) is 3.05. The van der Waals surface area contributed by atoms with E-state index >= 15 is 0 Å². The Kier molecular flexibility index (Phi) is 3.53. The van der Waals surface area contributed by atoms with Gasteiger partial charge in [-0.05, 0) is 18.6 Å². The summed E-state index contributed by atoms with van der Waals surface area (Å²) in [5, 5.41) is 11.8.